The van der Waals surface area contributed by atoms with Gasteiger partial charge in [-0.25, -0.2) is 4.98 Å². The van der Waals surface area contributed by atoms with E-state index in [4.69, 9.17) is 10.2 Å². The fourth-order valence-electron chi connectivity index (χ4n) is 4.56. The van der Waals surface area contributed by atoms with Gasteiger partial charge >= 0.3 is 0 Å². The van der Waals surface area contributed by atoms with E-state index < -0.39 is 0 Å². The molecule has 3 aliphatic carbocycles. The molecule has 6 rings (SSSR count). The number of thiophene rings is 1. The summed E-state index contributed by atoms with van der Waals surface area (Å²) in [7, 11) is 0. The van der Waals surface area contributed by atoms with Gasteiger partial charge in [0, 0.05) is 30.3 Å². The third kappa shape index (κ3) is 3.97. The number of hydrogen-bond donors (Lipinski definition) is 3. The zero-order chi connectivity index (χ0) is 23.4. The normalized spacial score (nSPS) is 19.6. The number of fused-ring (bicyclic) bond motifs is 1. The molecule has 0 spiro atoms. The number of nitrogens with two attached hydrogens (primary N) is 1. The summed E-state index contributed by atoms with van der Waals surface area (Å²) in [5.74, 6) is 1.79. The molecular formula is C23H27N7O3S. The number of rotatable bonds is 7. The highest BCUT2D eigenvalue weighted by Crippen LogP contribution is 2.43. The Morgan fingerprint density at radius 3 is 2.76 bits per heavy atom. The summed E-state index contributed by atoms with van der Waals surface area (Å²) in [5, 5.41) is 14.7. The minimum atomic E-state index is -0.100. The van der Waals surface area contributed by atoms with E-state index in [2.05, 4.69) is 25.8 Å². The maximum absolute atomic E-state index is 13.3. The SMILES string of the molecule is Cc1nnc(-c2ncn(C3CCc4sc(NC(=O)C5CC5)c(C(=O)NCC5CC5)c4C3)c2N)o1. The van der Waals surface area contributed by atoms with Crippen LogP contribution in [0.3, 0.4) is 0 Å². The summed E-state index contributed by atoms with van der Waals surface area (Å²) in [6.45, 7) is 2.41. The van der Waals surface area contributed by atoms with Gasteiger partial charge in [0.2, 0.25) is 11.8 Å². The van der Waals surface area contributed by atoms with Crippen LogP contribution in [0.1, 0.15) is 64.8 Å². The molecule has 1 atom stereocenters. The molecule has 0 radical (unpaired) electrons. The number of aryl methyl sites for hydroxylation is 2. The number of anilines is 2. The molecule has 3 aromatic rings. The number of carbonyl (C=O) groups excluding carboxylic acids is 2. The van der Waals surface area contributed by atoms with Crippen molar-refractivity contribution < 1.29 is 14.0 Å². The van der Waals surface area contributed by atoms with Gasteiger partial charge in [-0.1, -0.05) is 0 Å². The highest BCUT2D eigenvalue weighted by molar-refractivity contribution is 7.17. The van der Waals surface area contributed by atoms with Crippen LogP contribution < -0.4 is 16.4 Å². The lowest BCUT2D eigenvalue weighted by molar-refractivity contribution is -0.117. The van der Waals surface area contributed by atoms with Crippen molar-refractivity contribution in [3.05, 3.63) is 28.2 Å². The van der Waals surface area contributed by atoms with Gasteiger partial charge in [-0.15, -0.1) is 21.5 Å². The highest BCUT2D eigenvalue weighted by Gasteiger charge is 2.35. The first-order chi connectivity index (χ1) is 16.5. The average molecular weight is 482 g/mol. The van der Waals surface area contributed by atoms with Gasteiger partial charge in [-0.2, -0.15) is 0 Å². The standard InChI is InChI=1S/C23H27N7O3S/c1-11-28-29-22(33-11)18-19(24)30(10-26-18)14-6-7-16-15(8-14)17(21(32)25-9-12-2-3-12)23(34-16)27-20(31)13-4-5-13/h10,12-14H,2-9,24H2,1H3,(H,25,32)(H,27,31). The second-order valence-corrected chi connectivity index (χ2v) is 10.6. The van der Waals surface area contributed by atoms with Crippen LogP contribution in [-0.2, 0) is 17.6 Å². The minimum absolute atomic E-state index is 0.0183. The van der Waals surface area contributed by atoms with Crippen LogP contribution in [0.2, 0.25) is 0 Å². The fraction of sp³-hybridized carbons (Fsp3) is 0.522. The Morgan fingerprint density at radius 2 is 2.06 bits per heavy atom. The molecule has 0 bridgehead atoms. The van der Waals surface area contributed by atoms with E-state index in [1.807, 2.05) is 4.57 Å². The lowest BCUT2D eigenvalue weighted by Gasteiger charge is -2.25. The van der Waals surface area contributed by atoms with Crippen molar-refractivity contribution in [1.29, 1.82) is 0 Å². The molecule has 3 heterocycles. The van der Waals surface area contributed by atoms with Crippen LogP contribution >= 0.6 is 11.3 Å². The number of nitrogens with zero attached hydrogens (tertiary/aromatic N) is 4. The van der Waals surface area contributed by atoms with Crippen molar-refractivity contribution in [3.63, 3.8) is 0 Å². The molecule has 2 saturated carbocycles. The summed E-state index contributed by atoms with van der Waals surface area (Å²) < 4.78 is 7.44. The second kappa shape index (κ2) is 8.23. The van der Waals surface area contributed by atoms with E-state index in [0.29, 0.717) is 52.7 Å². The summed E-state index contributed by atoms with van der Waals surface area (Å²) in [4.78, 5) is 31.4. The van der Waals surface area contributed by atoms with Crippen molar-refractivity contribution in [3.8, 4) is 11.6 Å². The summed E-state index contributed by atoms with van der Waals surface area (Å²) >= 11 is 1.54. The Morgan fingerprint density at radius 1 is 1.24 bits per heavy atom. The van der Waals surface area contributed by atoms with E-state index in [9.17, 15) is 9.59 Å². The van der Waals surface area contributed by atoms with E-state index >= 15 is 0 Å². The van der Waals surface area contributed by atoms with Gasteiger partial charge < -0.3 is 25.4 Å². The third-order valence-electron chi connectivity index (χ3n) is 6.85. The smallest absolute Gasteiger partial charge is 0.270 e. The fourth-order valence-corrected chi connectivity index (χ4v) is 5.80. The summed E-state index contributed by atoms with van der Waals surface area (Å²) in [5.41, 5.74) is 8.52. The Kier molecular flexibility index (Phi) is 5.16. The zero-order valence-corrected chi connectivity index (χ0v) is 19.8. The number of amides is 2. The molecule has 10 nitrogen and oxygen atoms in total. The molecule has 3 aromatic heterocycles. The van der Waals surface area contributed by atoms with E-state index in [-0.39, 0.29) is 23.8 Å². The molecule has 0 aromatic carbocycles. The molecule has 178 valence electrons. The van der Waals surface area contributed by atoms with Gasteiger partial charge in [0.1, 0.15) is 10.8 Å². The topological polar surface area (TPSA) is 141 Å². The number of hydrogen-bond acceptors (Lipinski definition) is 8. The van der Waals surface area contributed by atoms with Crippen LogP contribution in [0.25, 0.3) is 11.6 Å². The Hall–Kier alpha value is -3.21. The number of aromatic nitrogens is 4. The summed E-state index contributed by atoms with van der Waals surface area (Å²) in [6, 6.07) is 0.0364. The van der Waals surface area contributed by atoms with Crippen molar-refractivity contribution in [2.75, 3.05) is 17.6 Å². The molecule has 1 unspecified atom stereocenters. The van der Waals surface area contributed by atoms with Crippen LogP contribution in [0.15, 0.2) is 10.7 Å². The average Bonchev–Trinajstić information content (AvgIpc) is 3.73. The molecule has 2 amide bonds. The van der Waals surface area contributed by atoms with E-state index in [1.165, 1.54) is 11.3 Å². The Bertz CT molecular complexity index is 1270. The van der Waals surface area contributed by atoms with Crippen LogP contribution in [0.4, 0.5) is 10.8 Å². The number of nitrogens with one attached hydrogen (secondary N) is 2. The van der Waals surface area contributed by atoms with Crippen molar-refractivity contribution in [1.82, 2.24) is 25.1 Å². The van der Waals surface area contributed by atoms with E-state index in [0.717, 1.165) is 49.0 Å². The zero-order valence-electron chi connectivity index (χ0n) is 19.0. The summed E-state index contributed by atoms with van der Waals surface area (Å²) in [6.07, 6.45) is 8.17. The van der Waals surface area contributed by atoms with Crippen LogP contribution in [0.5, 0.6) is 0 Å². The van der Waals surface area contributed by atoms with Crippen LogP contribution in [-0.4, -0.2) is 38.1 Å². The van der Waals surface area contributed by atoms with Crippen molar-refractivity contribution in [2.45, 2.75) is 57.9 Å². The number of imidazole rings is 1. The second-order valence-electron chi connectivity index (χ2n) is 9.53. The van der Waals surface area contributed by atoms with Crippen molar-refractivity contribution >= 4 is 34.0 Å². The predicted molar refractivity (Wildman–Crippen MR) is 126 cm³/mol. The lowest BCUT2D eigenvalue weighted by Crippen LogP contribution is -2.28. The first-order valence-corrected chi connectivity index (χ1v) is 12.7. The van der Waals surface area contributed by atoms with Gasteiger partial charge in [-0.3, -0.25) is 9.59 Å². The molecule has 0 saturated heterocycles. The third-order valence-corrected chi connectivity index (χ3v) is 8.06. The first-order valence-electron chi connectivity index (χ1n) is 11.8. The molecule has 3 aliphatic rings. The van der Waals surface area contributed by atoms with Crippen LogP contribution in [0, 0.1) is 18.8 Å². The quantitative estimate of drug-likeness (QED) is 0.471. The van der Waals surface area contributed by atoms with Gasteiger partial charge in [0.25, 0.3) is 11.8 Å². The highest BCUT2D eigenvalue weighted by atomic mass is 32.1. The van der Waals surface area contributed by atoms with Gasteiger partial charge in [0.05, 0.1) is 11.9 Å². The molecule has 4 N–H and O–H groups in total. The monoisotopic (exact) mass is 481 g/mol. The largest absolute Gasteiger partial charge is 0.420 e. The maximum Gasteiger partial charge on any atom is 0.270 e. The Balaban J connectivity index is 1.29. The Labute approximate surface area is 200 Å². The maximum atomic E-state index is 13.3. The number of nitrogen functional groups attached to an aromatic ring is 1. The molecular weight excluding hydrogens is 454 g/mol. The molecule has 34 heavy (non-hydrogen) atoms. The van der Waals surface area contributed by atoms with E-state index in [1.54, 1.807) is 13.3 Å². The predicted octanol–water partition coefficient (Wildman–Crippen LogP) is 3.10. The lowest BCUT2D eigenvalue weighted by atomic mass is 9.91. The first kappa shape index (κ1) is 21.3. The molecule has 2 fully saturated rings. The van der Waals surface area contributed by atoms with Gasteiger partial charge in [-0.05, 0) is 56.4 Å². The molecule has 0 aliphatic heterocycles. The van der Waals surface area contributed by atoms with Crippen molar-refractivity contribution in [2.24, 2.45) is 11.8 Å². The minimum Gasteiger partial charge on any atom is -0.420 e. The number of carbonyl (C=O) groups is 2. The van der Waals surface area contributed by atoms with Gasteiger partial charge in [0.15, 0.2) is 5.69 Å². The molecule has 11 heteroatoms.